The Balaban J connectivity index is 1.78. The first-order chi connectivity index (χ1) is 7.72. The molecule has 0 heterocycles. The molecule has 94 valence electrons. The van der Waals surface area contributed by atoms with Gasteiger partial charge < -0.3 is 0 Å². The second kappa shape index (κ2) is 5.50. The van der Waals surface area contributed by atoms with Gasteiger partial charge >= 0.3 is 0 Å². The smallest absolute Gasteiger partial charge is 0.0215 e. The van der Waals surface area contributed by atoms with Crippen LogP contribution in [0.25, 0.3) is 0 Å². The van der Waals surface area contributed by atoms with Gasteiger partial charge in [0, 0.05) is 6.04 Å². The fourth-order valence-electron chi connectivity index (χ4n) is 3.92. The molecule has 2 saturated carbocycles. The predicted molar refractivity (Wildman–Crippen MR) is 68.7 cm³/mol. The van der Waals surface area contributed by atoms with E-state index in [9.17, 15) is 0 Å². The molecule has 2 aliphatic rings. The number of fused-ring (bicyclic) bond motifs is 2. The van der Waals surface area contributed by atoms with E-state index < -0.39 is 0 Å². The SMILES string of the molecule is CCC(C)CC(CC1CC2CCC1C2)NN. The van der Waals surface area contributed by atoms with Gasteiger partial charge in [-0.1, -0.05) is 26.7 Å². The molecule has 0 aromatic carbocycles. The molecule has 0 aromatic heterocycles. The van der Waals surface area contributed by atoms with Gasteiger partial charge in [-0.25, -0.2) is 0 Å². The standard InChI is InChI=1S/C14H28N2/c1-3-10(2)6-14(16-15)9-13-8-11-4-5-12(13)7-11/h10-14,16H,3-9,15H2,1-2H3. The van der Waals surface area contributed by atoms with Crippen molar-refractivity contribution in [1.29, 1.82) is 0 Å². The van der Waals surface area contributed by atoms with Gasteiger partial charge in [-0.2, -0.15) is 0 Å². The average molecular weight is 224 g/mol. The maximum absolute atomic E-state index is 5.70. The highest BCUT2D eigenvalue weighted by Crippen LogP contribution is 2.50. The largest absolute Gasteiger partial charge is 0.271 e. The number of hydrazine groups is 1. The molecule has 0 aromatic rings. The van der Waals surface area contributed by atoms with Gasteiger partial charge in [0.05, 0.1) is 0 Å². The van der Waals surface area contributed by atoms with Crippen molar-refractivity contribution in [3.63, 3.8) is 0 Å². The third-order valence-electron chi connectivity index (χ3n) is 5.09. The highest BCUT2D eigenvalue weighted by Gasteiger charge is 2.39. The topological polar surface area (TPSA) is 38.0 Å². The second-order valence-electron chi connectivity index (χ2n) is 6.28. The van der Waals surface area contributed by atoms with Gasteiger partial charge in [0.1, 0.15) is 0 Å². The van der Waals surface area contributed by atoms with Crippen LogP contribution in [0.15, 0.2) is 0 Å². The second-order valence-corrected chi connectivity index (χ2v) is 6.28. The lowest BCUT2D eigenvalue weighted by molar-refractivity contribution is 0.258. The summed E-state index contributed by atoms with van der Waals surface area (Å²) in [7, 11) is 0. The highest BCUT2D eigenvalue weighted by atomic mass is 15.2. The van der Waals surface area contributed by atoms with E-state index in [0.717, 1.165) is 23.7 Å². The summed E-state index contributed by atoms with van der Waals surface area (Å²) < 4.78 is 0. The molecule has 2 rings (SSSR count). The van der Waals surface area contributed by atoms with Gasteiger partial charge in [-0.15, -0.1) is 0 Å². The Hall–Kier alpha value is -0.0800. The summed E-state index contributed by atoms with van der Waals surface area (Å²) in [5.74, 6) is 9.59. The van der Waals surface area contributed by atoms with Crippen LogP contribution in [0.3, 0.4) is 0 Å². The molecule has 0 aliphatic heterocycles. The molecule has 0 spiro atoms. The van der Waals surface area contributed by atoms with Crippen LogP contribution in [0, 0.1) is 23.7 Å². The summed E-state index contributed by atoms with van der Waals surface area (Å²) in [5.41, 5.74) is 3.05. The first-order valence-electron chi connectivity index (χ1n) is 7.19. The van der Waals surface area contributed by atoms with Crippen molar-refractivity contribution in [3.05, 3.63) is 0 Å². The van der Waals surface area contributed by atoms with Gasteiger partial charge in [0.25, 0.3) is 0 Å². The summed E-state index contributed by atoms with van der Waals surface area (Å²) in [6.07, 6.45) is 9.86. The zero-order valence-corrected chi connectivity index (χ0v) is 10.9. The van der Waals surface area contributed by atoms with E-state index in [0.29, 0.717) is 6.04 Å². The number of hydrogen-bond acceptors (Lipinski definition) is 2. The number of rotatable bonds is 6. The zero-order valence-electron chi connectivity index (χ0n) is 10.9. The van der Waals surface area contributed by atoms with Crippen LogP contribution < -0.4 is 11.3 Å². The van der Waals surface area contributed by atoms with Crippen LogP contribution in [-0.4, -0.2) is 6.04 Å². The van der Waals surface area contributed by atoms with Gasteiger partial charge in [-0.05, 0) is 55.8 Å². The highest BCUT2D eigenvalue weighted by molar-refractivity contribution is 4.91. The summed E-state index contributed by atoms with van der Waals surface area (Å²) in [6.45, 7) is 4.61. The van der Waals surface area contributed by atoms with E-state index in [1.54, 1.807) is 0 Å². The molecular formula is C14H28N2. The van der Waals surface area contributed by atoms with Crippen molar-refractivity contribution in [1.82, 2.24) is 5.43 Å². The maximum atomic E-state index is 5.70. The molecule has 2 heteroatoms. The van der Waals surface area contributed by atoms with Gasteiger partial charge in [0.15, 0.2) is 0 Å². The van der Waals surface area contributed by atoms with Crippen LogP contribution in [0.5, 0.6) is 0 Å². The minimum absolute atomic E-state index is 0.555. The molecule has 2 bridgehead atoms. The lowest BCUT2D eigenvalue weighted by Gasteiger charge is -2.27. The third-order valence-corrected chi connectivity index (χ3v) is 5.09. The first kappa shape index (κ1) is 12.4. The summed E-state index contributed by atoms with van der Waals surface area (Å²) in [6, 6.07) is 0.555. The van der Waals surface area contributed by atoms with E-state index >= 15 is 0 Å². The summed E-state index contributed by atoms with van der Waals surface area (Å²) >= 11 is 0. The first-order valence-corrected chi connectivity index (χ1v) is 7.19. The van der Waals surface area contributed by atoms with Crippen LogP contribution in [-0.2, 0) is 0 Å². The van der Waals surface area contributed by atoms with Crippen molar-refractivity contribution in [2.24, 2.45) is 29.5 Å². The zero-order chi connectivity index (χ0) is 11.5. The van der Waals surface area contributed by atoms with E-state index in [1.165, 1.54) is 44.9 Å². The molecule has 2 fully saturated rings. The van der Waals surface area contributed by atoms with Crippen molar-refractivity contribution in [2.45, 2.75) is 64.8 Å². The summed E-state index contributed by atoms with van der Waals surface area (Å²) in [5, 5.41) is 0. The predicted octanol–water partition coefficient (Wildman–Crippen LogP) is 3.08. The molecule has 5 unspecified atom stereocenters. The van der Waals surface area contributed by atoms with E-state index in [2.05, 4.69) is 19.3 Å². The fraction of sp³-hybridized carbons (Fsp3) is 1.00. The van der Waals surface area contributed by atoms with Crippen LogP contribution >= 0.6 is 0 Å². The van der Waals surface area contributed by atoms with E-state index in [1.807, 2.05) is 0 Å². The number of nitrogens with one attached hydrogen (secondary N) is 1. The number of hydrogen-bond donors (Lipinski definition) is 2. The molecule has 0 amide bonds. The van der Waals surface area contributed by atoms with E-state index in [-0.39, 0.29) is 0 Å². The molecule has 0 radical (unpaired) electrons. The Kier molecular flexibility index (Phi) is 4.26. The number of nitrogens with two attached hydrogens (primary N) is 1. The molecule has 0 saturated heterocycles. The fourth-order valence-corrected chi connectivity index (χ4v) is 3.92. The Morgan fingerprint density at radius 3 is 2.62 bits per heavy atom. The van der Waals surface area contributed by atoms with Crippen molar-refractivity contribution in [2.75, 3.05) is 0 Å². The normalized spacial score (nSPS) is 36.6. The van der Waals surface area contributed by atoms with Crippen LogP contribution in [0.2, 0.25) is 0 Å². The van der Waals surface area contributed by atoms with Crippen molar-refractivity contribution < 1.29 is 0 Å². The quantitative estimate of drug-likeness (QED) is 0.537. The van der Waals surface area contributed by atoms with Crippen molar-refractivity contribution >= 4 is 0 Å². The van der Waals surface area contributed by atoms with Gasteiger partial charge in [0.2, 0.25) is 0 Å². The average Bonchev–Trinajstić information content (AvgIpc) is 2.89. The van der Waals surface area contributed by atoms with E-state index in [4.69, 9.17) is 5.84 Å². The molecule has 2 aliphatic carbocycles. The Bertz CT molecular complexity index is 217. The van der Waals surface area contributed by atoms with Crippen molar-refractivity contribution in [3.8, 4) is 0 Å². The lowest BCUT2D eigenvalue weighted by atomic mass is 9.82. The molecule has 16 heavy (non-hydrogen) atoms. The van der Waals surface area contributed by atoms with Crippen LogP contribution in [0.1, 0.15) is 58.8 Å². The Morgan fingerprint density at radius 2 is 2.12 bits per heavy atom. The molecular weight excluding hydrogens is 196 g/mol. The Labute approximate surface area is 100 Å². The molecule has 2 nitrogen and oxygen atoms in total. The molecule has 3 N–H and O–H groups in total. The lowest BCUT2D eigenvalue weighted by Crippen LogP contribution is -2.38. The monoisotopic (exact) mass is 224 g/mol. The summed E-state index contributed by atoms with van der Waals surface area (Å²) in [4.78, 5) is 0. The molecule has 5 atom stereocenters. The third kappa shape index (κ3) is 2.78. The maximum Gasteiger partial charge on any atom is 0.0215 e. The Morgan fingerprint density at radius 1 is 1.31 bits per heavy atom. The van der Waals surface area contributed by atoms with Gasteiger partial charge in [-0.3, -0.25) is 11.3 Å². The minimum atomic E-state index is 0.555. The minimum Gasteiger partial charge on any atom is -0.271 e. The van der Waals surface area contributed by atoms with Crippen LogP contribution in [0.4, 0.5) is 0 Å².